The average molecular weight is 377 g/mol. The molecule has 134 valence electrons. The number of methoxy groups -OCH3 is 1. The van der Waals surface area contributed by atoms with Crippen LogP contribution in [0.4, 0.5) is 0 Å². The fourth-order valence-electron chi connectivity index (χ4n) is 1.77. The van der Waals surface area contributed by atoms with Crippen molar-refractivity contribution < 1.29 is 22.7 Å². The first-order valence-electron chi connectivity index (χ1n) is 7.27. The summed E-state index contributed by atoms with van der Waals surface area (Å²) in [6.07, 6.45) is -0.297. The van der Waals surface area contributed by atoms with Gasteiger partial charge in [-0.05, 0) is 25.1 Å². The lowest BCUT2D eigenvalue weighted by Crippen LogP contribution is -2.31. The van der Waals surface area contributed by atoms with E-state index in [0.717, 1.165) is 0 Å². The topological polar surface area (TPSA) is 102 Å². The monoisotopic (exact) mass is 376 g/mol. The van der Waals surface area contributed by atoms with Crippen LogP contribution in [-0.2, 0) is 19.6 Å². The van der Waals surface area contributed by atoms with Gasteiger partial charge in [0, 0.05) is 39.1 Å². The average Bonchev–Trinajstić information content (AvgIpc) is 2.57. The van der Waals surface area contributed by atoms with Gasteiger partial charge in [0.15, 0.2) is 5.78 Å². The van der Waals surface area contributed by atoms with Crippen molar-refractivity contribution in [2.24, 2.45) is 0 Å². The molecule has 9 heteroatoms. The minimum Gasteiger partial charge on any atom is -0.380 e. The molecule has 0 heterocycles. The third kappa shape index (κ3) is 5.86. The Bertz CT molecular complexity index is 706. The first-order chi connectivity index (χ1) is 11.2. The van der Waals surface area contributed by atoms with Crippen LogP contribution in [0.15, 0.2) is 23.1 Å². The highest BCUT2D eigenvalue weighted by molar-refractivity contribution is 7.89. The van der Waals surface area contributed by atoms with Gasteiger partial charge in [-0.25, -0.2) is 13.1 Å². The van der Waals surface area contributed by atoms with Crippen molar-refractivity contribution in [3.8, 4) is 0 Å². The second-order valence-corrected chi connectivity index (χ2v) is 7.28. The lowest BCUT2D eigenvalue weighted by molar-refractivity contribution is -0.120. The van der Waals surface area contributed by atoms with E-state index in [1.165, 1.54) is 32.4 Å². The van der Waals surface area contributed by atoms with Crippen LogP contribution in [0, 0.1) is 0 Å². The smallest absolute Gasteiger partial charge is 0.242 e. The molecule has 1 unspecified atom stereocenters. The van der Waals surface area contributed by atoms with Gasteiger partial charge in [-0.15, -0.1) is 0 Å². The zero-order valence-corrected chi connectivity index (χ0v) is 15.3. The minimum absolute atomic E-state index is 0.00965. The lowest BCUT2D eigenvalue weighted by Gasteiger charge is -2.13. The summed E-state index contributed by atoms with van der Waals surface area (Å²) in [5.74, 6) is -0.600. The zero-order chi connectivity index (χ0) is 18.3. The van der Waals surface area contributed by atoms with Crippen molar-refractivity contribution >= 4 is 33.3 Å². The van der Waals surface area contributed by atoms with Crippen molar-refractivity contribution in [1.82, 2.24) is 10.0 Å². The molecule has 0 bridgehead atoms. The van der Waals surface area contributed by atoms with Crippen LogP contribution in [0.1, 0.15) is 30.1 Å². The summed E-state index contributed by atoms with van der Waals surface area (Å²) in [5, 5.41) is 2.43. The fraction of sp³-hybridized carbons (Fsp3) is 0.467. The highest BCUT2D eigenvalue weighted by atomic mass is 35.5. The molecule has 0 aliphatic rings. The van der Waals surface area contributed by atoms with E-state index in [-0.39, 0.29) is 52.7 Å². The second kappa shape index (κ2) is 9.12. The molecular weight excluding hydrogens is 356 g/mol. The summed E-state index contributed by atoms with van der Waals surface area (Å²) in [6, 6.07) is 4.00. The third-order valence-corrected chi connectivity index (χ3v) is 5.27. The maximum Gasteiger partial charge on any atom is 0.242 e. The number of nitrogens with one attached hydrogen (secondary N) is 2. The fourth-order valence-corrected chi connectivity index (χ4v) is 3.41. The van der Waals surface area contributed by atoms with Crippen LogP contribution in [0.3, 0.4) is 0 Å². The first-order valence-corrected chi connectivity index (χ1v) is 9.13. The second-order valence-electron chi connectivity index (χ2n) is 5.14. The van der Waals surface area contributed by atoms with Crippen LogP contribution < -0.4 is 10.0 Å². The predicted molar refractivity (Wildman–Crippen MR) is 90.7 cm³/mol. The Morgan fingerprint density at radius 2 is 1.96 bits per heavy atom. The number of hydrogen-bond donors (Lipinski definition) is 2. The Morgan fingerprint density at radius 3 is 2.54 bits per heavy atom. The van der Waals surface area contributed by atoms with Crippen LogP contribution in [0.2, 0.25) is 5.02 Å². The van der Waals surface area contributed by atoms with Gasteiger partial charge < -0.3 is 10.1 Å². The predicted octanol–water partition coefficient (Wildman–Crippen LogP) is 1.36. The Hall–Kier alpha value is -1.48. The molecule has 7 nitrogen and oxygen atoms in total. The van der Waals surface area contributed by atoms with Crippen molar-refractivity contribution in [2.75, 3.05) is 20.7 Å². The molecule has 1 rings (SSSR count). The van der Waals surface area contributed by atoms with Crippen molar-refractivity contribution in [2.45, 2.75) is 30.8 Å². The van der Waals surface area contributed by atoms with Gasteiger partial charge in [-0.2, -0.15) is 0 Å². The van der Waals surface area contributed by atoms with Crippen molar-refractivity contribution in [3.05, 3.63) is 28.8 Å². The molecule has 1 aromatic carbocycles. The van der Waals surface area contributed by atoms with E-state index < -0.39 is 10.0 Å². The summed E-state index contributed by atoms with van der Waals surface area (Å²) in [6.45, 7) is 1.78. The summed E-state index contributed by atoms with van der Waals surface area (Å²) in [4.78, 5) is 23.1. The lowest BCUT2D eigenvalue weighted by atomic mass is 10.1. The molecule has 0 saturated carbocycles. The highest BCUT2D eigenvalue weighted by Gasteiger charge is 2.21. The van der Waals surface area contributed by atoms with E-state index in [1.807, 2.05) is 0 Å². The molecule has 1 atom stereocenters. The van der Waals surface area contributed by atoms with E-state index in [1.54, 1.807) is 6.92 Å². The molecule has 2 N–H and O–H groups in total. The molecule has 1 aromatic rings. The zero-order valence-electron chi connectivity index (χ0n) is 13.8. The Labute approximate surface area is 146 Å². The van der Waals surface area contributed by atoms with Gasteiger partial charge in [-0.1, -0.05) is 11.6 Å². The number of halogens is 1. The van der Waals surface area contributed by atoms with Crippen LogP contribution in [0.25, 0.3) is 0 Å². The quantitative estimate of drug-likeness (QED) is 0.634. The summed E-state index contributed by atoms with van der Waals surface area (Å²) < 4.78 is 32.0. The minimum atomic E-state index is -3.88. The van der Waals surface area contributed by atoms with E-state index in [4.69, 9.17) is 16.3 Å². The molecule has 1 amide bonds. The number of ether oxygens (including phenoxy) is 1. The number of benzene rings is 1. The van der Waals surface area contributed by atoms with E-state index >= 15 is 0 Å². The van der Waals surface area contributed by atoms with E-state index in [9.17, 15) is 18.0 Å². The largest absolute Gasteiger partial charge is 0.380 e. The van der Waals surface area contributed by atoms with Gasteiger partial charge in [0.1, 0.15) is 4.90 Å². The molecule has 0 fully saturated rings. The number of sulfonamides is 1. The van der Waals surface area contributed by atoms with Crippen molar-refractivity contribution in [3.63, 3.8) is 0 Å². The number of rotatable bonds is 9. The Balaban J connectivity index is 2.96. The number of ketones is 1. The summed E-state index contributed by atoms with van der Waals surface area (Å²) in [5.41, 5.74) is 0.184. The van der Waals surface area contributed by atoms with Gasteiger partial charge in [0.25, 0.3) is 0 Å². The van der Waals surface area contributed by atoms with Gasteiger partial charge in [-0.3, -0.25) is 9.59 Å². The third-order valence-electron chi connectivity index (χ3n) is 3.36. The molecule has 0 radical (unpaired) electrons. The molecule has 0 aliphatic carbocycles. The molecule has 0 aliphatic heterocycles. The summed E-state index contributed by atoms with van der Waals surface area (Å²) >= 11 is 5.96. The number of carbonyl (C=O) groups is 2. The maximum absolute atomic E-state index is 12.3. The molecule has 24 heavy (non-hydrogen) atoms. The van der Waals surface area contributed by atoms with Crippen LogP contribution in [-0.4, -0.2) is 46.9 Å². The standard InChI is InChI=1S/C15H21ClN2O5S/c1-10(23-3)9-18-24(21,22)14-8-11(4-5-12(14)16)13(19)6-7-15(20)17-2/h4-5,8,10,18H,6-7,9H2,1-3H3,(H,17,20). The first kappa shape index (κ1) is 20.6. The number of amides is 1. The maximum atomic E-state index is 12.3. The summed E-state index contributed by atoms with van der Waals surface area (Å²) in [7, 11) is -0.933. The van der Waals surface area contributed by atoms with Gasteiger partial charge >= 0.3 is 0 Å². The Morgan fingerprint density at radius 1 is 1.29 bits per heavy atom. The van der Waals surface area contributed by atoms with E-state index in [2.05, 4.69) is 10.0 Å². The molecule has 0 saturated heterocycles. The molecular formula is C15H21ClN2O5S. The van der Waals surface area contributed by atoms with E-state index in [0.29, 0.717) is 0 Å². The Kier molecular flexibility index (Phi) is 7.82. The highest BCUT2D eigenvalue weighted by Crippen LogP contribution is 2.23. The molecule has 0 aromatic heterocycles. The molecule has 0 spiro atoms. The normalized spacial score (nSPS) is 12.7. The number of Topliss-reactive ketones (excluding diaryl/α,β-unsaturated/α-hetero) is 1. The van der Waals surface area contributed by atoms with Crippen LogP contribution >= 0.6 is 11.6 Å². The number of carbonyl (C=O) groups excluding carboxylic acids is 2. The number of hydrogen-bond acceptors (Lipinski definition) is 5. The van der Waals surface area contributed by atoms with Crippen LogP contribution in [0.5, 0.6) is 0 Å². The van der Waals surface area contributed by atoms with Gasteiger partial charge in [0.2, 0.25) is 15.9 Å². The van der Waals surface area contributed by atoms with Crippen molar-refractivity contribution in [1.29, 1.82) is 0 Å². The SMILES string of the molecule is CNC(=O)CCC(=O)c1ccc(Cl)c(S(=O)(=O)NCC(C)OC)c1. The van der Waals surface area contributed by atoms with Gasteiger partial charge in [0.05, 0.1) is 11.1 Å².